The zero-order valence-electron chi connectivity index (χ0n) is 9.53. The Kier molecular flexibility index (Phi) is 2.88. The van der Waals surface area contributed by atoms with E-state index in [0.717, 1.165) is 19.3 Å². The summed E-state index contributed by atoms with van der Waals surface area (Å²) in [7, 11) is 1.70. The number of carbonyl (C=O) groups is 2. The standard InChI is InChI=1S/C11H18N2O3/c1-13-6-8(5-9(13)14)10(15)12-7-11(16)3-2-4-11/h8,16H,2-7H2,1H3,(H,12,15). The molecule has 16 heavy (non-hydrogen) atoms. The van der Waals surface area contributed by atoms with E-state index in [0.29, 0.717) is 19.5 Å². The fraction of sp³-hybridized carbons (Fsp3) is 0.818. The summed E-state index contributed by atoms with van der Waals surface area (Å²) in [6.07, 6.45) is 2.84. The van der Waals surface area contributed by atoms with E-state index >= 15 is 0 Å². The van der Waals surface area contributed by atoms with Crippen molar-refractivity contribution < 1.29 is 14.7 Å². The van der Waals surface area contributed by atoms with E-state index in [1.807, 2.05) is 0 Å². The number of aliphatic hydroxyl groups is 1. The summed E-state index contributed by atoms with van der Waals surface area (Å²) in [6, 6.07) is 0. The average Bonchev–Trinajstić information content (AvgIpc) is 2.53. The van der Waals surface area contributed by atoms with Crippen LogP contribution in [-0.4, -0.2) is 47.6 Å². The Bertz CT molecular complexity index is 312. The molecule has 2 rings (SSSR count). The zero-order chi connectivity index (χ0) is 11.8. The van der Waals surface area contributed by atoms with Gasteiger partial charge in [0.2, 0.25) is 11.8 Å². The minimum absolute atomic E-state index is 0.0162. The molecule has 1 aliphatic heterocycles. The Morgan fingerprint density at radius 3 is 2.75 bits per heavy atom. The van der Waals surface area contributed by atoms with Crippen molar-refractivity contribution in [3.63, 3.8) is 0 Å². The summed E-state index contributed by atoms with van der Waals surface area (Å²) in [5, 5.41) is 12.6. The van der Waals surface area contributed by atoms with Crippen molar-refractivity contribution in [2.45, 2.75) is 31.3 Å². The van der Waals surface area contributed by atoms with Crippen LogP contribution in [0.25, 0.3) is 0 Å². The minimum atomic E-state index is -0.690. The Labute approximate surface area is 94.8 Å². The van der Waals surface area contributed by atoms with Crippen LogP contribution in [0, 0.1) is 5.92 Å². The summed E-state index contributed by atoms with van der Waals surface area (Å²) in [4.78, 5) is 24.5. The molecule has 1 heterocycles. The zero-order valence-corrected chi connectivity index (χ0v) is 9.53. The van der Waals surface area contributed by atoms with E-state index in [2.05, 4.69) is 5.32 Å². The highest BCUT2D eigenvalue weighted by Crippen LogP contribution is 2.30. The molecule has 5 heteroatoms. The molecule has 2 fully saturated rings. The lowest BCUT2D eigenvalue weighted by Crippen LogP contribution is -2.49. The Balaban J connectivity index is 1.78. The Morgan fingerprint density at radius 2 is 2.31 bits per heavy atom. The Hall–Kier alpha value is -1.10. The first-order chi connectivity index (χ1) is 7.50. The van der Waals surface area contributed by atoms with Crippen molar-refractivity contribution >= 4 is 11.8 Å². The SMILES string of the molecule is CN1CC(C(=O)NCC2(O)CCC2)CC1=O. The van der Waals surface area contributed by atoms with Gasteiger partial charge in [-0.15, -0.1) is 0 Å². The van der Waals surface area contributed by atoms with Crippen LogP contribution in [0.15, 0.2) is 0 Å². The molecule has 1 aliphatic carbocycles. The van der Waals surface area contributed by atoms with E-state index in [1.165, 1.54) is 0 Å². The molecule has 1 saturated carbocycles. The second-order valence-electron chi connectivity index (χ2n) is 4.97. The number of hydrogen-bond donors (Lipinski definition) is 2. The highest BCUT2D eigenvalue weighted by Gasteiger charge is 2.37. The molecular weight excluding hydrogens is 208 g/mol. The molecule has 0 radical (unpaired) electrons. The van der Waals surface area contributed by atoms with Gasteiger partial charge in [0.1, 0.15) is 0 Å². The van der Waals surface area contributed by atoms with Gasteiger partial charge in [-0.3, -0.25) is 9.59 Å². The van der Waals surface area contributed by atoms with Crippen molar-refractivity contribution in [3.8, 4) is 0 Å². The third kappa shape index (κ3) is 2.19. The minimum Gasteiger partial charge on any atom is -0.388 e. The lowest BCUT2D eigenvalue weighted by molar-refractivity contribution is -0.129. The van der Waals surface area contributed by atoms with Crippen LogP contribution >= 0.6 is 0 Å². The maximum atomic E-state index is 11.7. The monoisotopic (exact) mass is 226 g/mol. The molecule has 90 valence electrons. The van der Waals surface area contributed by atoms with Crippen molar-refractivity contribution in [3.05, 3.63) is 0 Å². The van der Waals surface area contributed by atoms with E-state index in [-0.39, 0.29) is 17.7 Å². The summed E-state index contributed by atoms with van der Waals surface area (Å²) in [5.74, 6) is -0.346. The highest BCUT2D eigenvalue weighted by molar-refractivity contribution is 5.89. The van der Waals surface area contributed by atoms with Gasteiger partial charge >= 0.3 is 0 Å². The summed E-state index contributed by atoms with van der Waals surface area (Å²) < 4.78 is 0. The first kappa shape index (κ1) is 11.4. The van der Waals surface area contributed by atoms with E-state index < -0.39 is 5.60 Å². The molecule has 5 nitrogen and oxygen atoms in total. The van der Waals surface area contributed by atoms with Crippen molar-refractivity contribution in [2.24, 2.45) is 5.92 Å². The van der Waals surface area contributed by atoms with Crippen LogP contribution < -0.4 is 5.32 Å². The quantitative estimate of drug-likeness (QED) is 0.681. The van der Waals surface area contributed by atoms with Gasteiger partial charge in [0.05, 0.1) is 11.5 Å². The molecule has 0 bridgehead atoms. The molecule has 2 amide bonds. The number of likely N-dealkylation sites (tertiary alicyclic amines) is 1. The first-order valence-corrected chi connectivity index (χ1v) is 5.74. The lowest BCUT2D eigenvalue weighted by Gasteiger charge is -2.36. The molecule has 2 N–H and O–H groups in total. The van der Waals surface area contributed by atoms with E-state index in [4.69, 9.17) is 0 Å². The average molecular weight is 226 g/mol. The maximum Gasteiger partial charge on any atom is 0.225 e. The van der Waals surface area contributed by atoms with Gasteiger partial charge in [0.25, 0.3) is 0 Å². The molecular formula is C11H18N2O3. The van der Waals surface area contributed by atoms with Crippen LogP contribution in [0.5, 0.6) is 0 Å². The number of nitrogens with one attached hydrogen (secondary N) is 1. The predicted octanol–water partition coefficient (Wildman–Crippen LogP) is -0.504. The van der Waals surface area contributed by atoms with Crippen LogP contribution in [0.4, 0.5) is 0 Å². The number of amides is 2. The van der Waals surface area contributed by atoms with Crippen LogP contribution in [0.3, 0.4) is 0 Å². The van der Waals surface area contributed by atoms with Crippen LogP contribution in [0.2, 0.25) is 0 Å². The topological polar surface area (TPSA) is 69.6 Å². The molecule has 1 saturated heterocycles. The second kappa shape index (κ2) is 4.05. The maximum absolute atomic E-state index is 11.7. The van der Waals surface area contributed by atoms with Gasteiger partial charge in [-0.1, -0.05) is 0 Å². The van der Waals surface area contributed by atoms with Gasteiger partial charge in [-0.2, -0.15) is 0 Å². The largest absolute Gasteiger partial charge is 0.388 e. The molecule has 1 unspecified atom stereocenters. The van der Waals surface area contributed by atoms with E-state index in [9.17, 15) is 14.7 Å². The van der Waals surface area contributed by atoms with Crippen molar-refractivity contribution in [1.29, 1.82) is 0 Å². The summed E-state index contributed by atoms with van der Waals surface area (Å²) >= 11 is 0. The molecule has 0 aromatic carbocycles. The summed E-state index contributed by atoms with van der Waals surface area (Å²) in [5.41, 5.74) is -0.690. The molecule has 2 aliphatic rings. The van der Waals surface area contributed by atoms with Gasteiger partial charge in [-0.25, -0.2) is 0 Å². The summed E-state index contributed by atoms with van der Waals surface area (Å²) in [6.45, 7) is 0.809. The molecule has 0 aromatic heterocycles. The molecule has 1 atom stereocenters. The fourth-order valence-corrected chi connectivity index (χ4v) is 2.20. The normalized spacial score (nSPS) is 27.8. The molecule has 0 aromatic rings. The van der Waals surface area contributed by atoms with Gasteiger partial charge in [0, 0.05) is 26.6 Å². The second-order valence-corrected chi connectivity index (χ2v) is 4.97. The Morgan fingerprint density at radius 1 is 1.62 bits per heavy atom. The van der Waals surface area contributed by atoms with Gasteiger partial charge in [0.15, 0.2) is 0 Å². The predicted molar refractivity (Wildman–Crippen MR) is 57.6 cm³/mol. The van der Waals surface area contributed by atoms with E-state index in [1.54, 1.807) is 11.9 Å². The number of carbonyl (C=O) groups excluding carboxylic acids is 2. The van der Waals surface area contributed by atoms with Crippen molar-refractivity contribution in [1.82, 2.24) is 10.2 Å². The van der Waals surface area contributed by atoms with Gasteiger partial charge in [-0.05, 0) is 19.3 Å². The number of nitrogens with zero attached hydrogens (tertiary/aromatic N) is 1. The van der Waals surface area contributed by atoms with Crippen LogP contribution in [-0.2, 0) is 9.59 Å². The number of hydrogen-bond acceptors (Lipinski definition) is 3. The molecule has 0 spiro atoms. The first-order valence-electron chi connectivity index (χ1n) is 5.74. The highest BCUT2D eigenvalue weighted by atomic mass is 16.3. The van der Waals surface area contributed by atoms with Crippen LogP contribution in [0.1, 0.15) is 25.7 Å². The van der Waals surface area contributed by atoms with Crippen molar-refractivity contribution in [2.75, 3.05) is 20.1 Å². The fourth-order valence-electron chi connectivity index (χ4n) is 2.20. The van der Waals surface area contributed by atoms with Gasteiger partial charge < -0.3 is 15.3 Å². The number of rotatable bonds is 3. The third-order valence-corrected chi connectivity index (χ3v) is 3.59. The lowest BCUT2D eigenvalue weighted by atomic mass is 9.80. The smallest absolute Gasteiger partial charge is 0.225 e. The third-order valence-electron chi connectivity index (χ3n) is 3.59.